The maximum atomic E-state index is 12.6. The number of anilines is 1. The predicted octanol–water partition coefficient (Wildman–Crippen LogP) is 7.28. The van der Waals surface area contributed by atoms with E-state index in [1.165, 1.54) is 51.0 Å². The Morgan fingerprint density at radius 3 is 2.24 bits per heavy atom. The minimum absolute atomic E-state index is 0.0587. The first-order valence-corrected chi connectivity index (χ1v) is 12.7. The van der Waals surface area contributed by atoms with Crippen molar-refractivity contribution in [3.63, 3.8) is 0 Å². The molecule has 8 heteroatoms. The summed E-state index contributed by atoms with van der Waals surface area (Å²) in [5.74, 6) is -0.325. The quantitative estimate of drug-likeness (QED) is 0.121. The average Bonchev–Trinajstić information content (AvgIpc) is 2.83. The van der Waals surface area contributed by atoms with E-state index in [1.807, 2.05) is 6.07 Å². The van der Waals surface area contributed by atoms with Gasteiger partial charge in [-0.15, -0.1) is 0 Å². The molecule has 2 rings (SSSR count). The third-order valence-corrected chi connectivity index (χ3v) is 6.18. The largest absolute Gasteiger partial charge is 0.491 e. The fourth-order valence-electron chi connectivity index (χ4n) is 3.18. The Morgan fingerprint density at radius 2 is 1.65 bits per heavy atom. The summed E-state index contributed by atoms with van der Waals surface area (Å²) < 4.78 is 12.1. The summed E-state index contributed by atoms with van der Waals surface area (Å²) in [7, 11) is 1.30. The first kappa shape index (κ1) is 27.6. The van der Waals surface area contributed by atoms with Crippen LogP contribution < -0.4 is 10.1 Å². The molecule has 1 amide bonds. The van der Waals surface area contributed by atoms with Crippen LogP contribution in [0.5, 0.6) is 5.75 Å². The summed E-state index contributed by atoms with van der Waals surface area (Å²) in [6.07, 6.45) is 8.63. The van der Waals surface area contributed by atoms with Crippen LogP contribution in [-0.2, 0) is 9.53 Å². The van der Waals surface area contributed by atoms with Crippen molar-refractivity contribution in [1.29, 1.82) is 5.26 Å². The van der Waals surface area contributed by atoms with Crippen LogP contribution in [0.4, 0.5) is 5.69 Å². The van der Waals surface area contributed by atoms with Gasteiger partial charge in [-0.3, -0.25) is 4.79 Å². The maximum absolute atomic E-state index is 12.6. The molecule has 0 spiro atoms. The van der Waals surface area contributed by atoms with Crippen molar-refractivity contribution in [3.8, 4) is 11.8 Å². The van der Waals surface area contributed by atoms with E-state index in [0.717, 1.165) is 21.8 Å². The Hall–Kier alpha value is -2.63. The molecule has 0 bridgehead atoms. The summed E-state index contributed by atoms with van der Waals surface area (Å²) in [6.45, 7) is 2.83. The van der Waals surface area contributed by atoms with E-state index in [-0.39, 0.29) is 5.57 Å². The first-order valence-electron chi connectivity index (χ1n) is 11.1. The molecule has 0 unspecified atom stereocenters. The van der Waals surface area contributed by atoms with E-state index in [2.05, 4.69) is 48.8 Å². The number of carbonyl (C=O) groups is 2. The van der Waals surface area contributed by atoms with Gasteiger partial charge < -0.3 is 14.8 Å². The molecule has 180 valence electrons. The second-order valence-electron chi connectivity index (χ2n) is 7.62. The van der Waals surface area contributed by atoms with Crippen molar-refractivity contribution in [2.75, 3.05) is 19.0 Å². The molecule has 34 heavy (non-hydrogen) atoms. The highest BCUT2D eigenvalue weighted by Crippen LogP contribution is 2.35. The second-order valence-corrected chi connectivity index (χ2v) is 9.33. The number of benzene rings is 2. The van der Waals surface area contributed by atoms with Gasteiger partial charge >= 0.3 is 5.97 Å². The fourth-order valence-corrected chi connectivity index (χ4v) is 4.63. The van der Waals surface area contributed by atoms with Crippen molar-refractivity contribution in [1.82, 2.24) is 0 Å². The average molecular weight is 592 g/mol. The van der Waals surface area contributed by atoms with Crippen molar-refractivity contribution in [2.24, 2.45) is 0 Å². The Morgan fingerprint density at radius 1 is 1.03 bits per heavy atom. The Bertz CT molecular complexity index is 1040. The molecule has 2 aromatic rings. The number of nitriles is 1. The van der Waals surface area contributed by atoms with Crippen LogP contribution in [0.3, 0.4) is 0 Å². The molecule has 0 saturated carbocycles. The number of unbranched alkanes of at least 4 members (excludes halogenated alkanes) is 5. The van der Waals surface area contributed by atoms with Crippen LogP contribution >= 0.6 is 31.9 Å². The van der Waals surface area contributed by atoms with E-state index >= 15 is 0 Å². The number of esters is 1. The summed E-state index contributed by atoms with van der Waals surface area (Å²) in [5.41, 5.74) is 1.43. The smallest absolute Gasteiger partial charge is 0.337 e. The van der Waals surface area contributed by atoms with E-state index in [0.29, 0.717) is 29.2 Å². The molecular formula is C26H28Br2N2O4. The van der Waals surface area contributed by atoms with Gasteiger partial charge in [0.25, 0.3) is 5.91 Å². The molecule has 0 fully saturated rings. The van der Waals surface area contributed by atoms with Crippen LogP contribution in [0.25, 0.3) is 6.08 Å². The standard InChI is InChI=1S/C26H28Br2N2O4/c1-3-4-5-6-7-8-13-34-24-22(27)15-18(16-23(24)28)14-20(17-29)25(31)30-21-11-9-19(10-12-21)26(32)33-2/h9-12,14-16H,3-8,13H2,1-2H3,(H,30,31)/b20-14-. The number of methoxy groups -OCH3 is 1. The van der Waals surface area contributed by atoms with Crippen LogP contribution in [-0.4, -0.2) is 25.6 Å². The number of nitrogens with one attached hydrogen (secondary N) is 1. The van der Waals surface area contributed by atoms with Gasteiger partial charge in [0.05, 0.1) is 28.2 Å². The molecule has 0 aliphatic rings. The third kappa shape index (κ3) is 8.62. The lowest BCUT2D eigenvalue weighted by Gasteiger charge is -2.12. The van der Waals surface area contributed by atoms with Crippen molar-refractivity contribution in [2.45, 2.75) is 45.4 Å². The molecule has 0 heterocycles. The van der Waals surface area contributed by atoms with Gasteiger partial charge in [-0.1, -0.05) is 39.0 Å². The number of rotatable bonds is 12. The van der Waals surface area contributed by atoms with E-state index in [1.54, 1.807) is 24.3 Å². The first-order chi connectivity index (χ1) is 16.4. The molecule has 2 aromatic carbocycles. The summed E-state index contributed by atoms with van der Waals surface area (Å²) in [6, 6.07) is 11.8. The van der Waals surface area contributed by atoms with Crippen LogP contribution in [0.2, 0.25) is 0 Å². The number of hydrogen-bond acceptors (Lipinski definition) is 5. The molecule has 0 aliphatic heterocycles. The number of halogens is 2. The minimum Gasteiger partial charge on any atom is -0.491 e. The van der Waals surface area contributed by atoms with E-state index in [4.69, 9.17) is 4.74 Å². The van der Waals surface area contributed by atoms with Gasteiger partial charge in [-0.25, -0.2) is 4.79 Å². The van der Waals surface area contributed by atoms with Gasteiger partial charge in [0.2, 0.25) is 0 Å². The highest BCUT2D eigenvalue weighted by molar-refractivity contribution is 9.11. The molecule has 0 aliphatic carbocycles. The highest BCUT2D eigenvalue weighted by atomic mass is 79.9. The number of amides is 1. The van der Waals surface area contributed by atoms with Gasteiger partial charge in [0, 0.05) is 5.69 Å². The normalized spacial score (nSPS) is 11.0. The molecule has 1 N–H and O–H groups in total. The molecule has 6 nitrogen and oxygen atoms in total. The third-order valence-electron chi connectivity index (χ3n) is 5.00. The van der Waals surface area contributed by atoms with Gasteiger partial charge in [0.1, 0.15) is 17.4 Å². The van der Waals surface area contributed by atoms with Crippen molar-refractivity contribution < 1.29 is 19.1 Å². The molecule has 0 aromatic heterocycles. The van der Waals surface area contributed by atoms with Gasteiger partial charge in [-0.05, 0) is 86.3 Å². The molecule has 0 radical (unpaired) electrons. The van der Waals surface area contributed by atoms with E-state index in [9.17, 15) is 14.9 Å². The zero-order valence-corrected chi connectivity index (χ0v) is 22.5. The Kier molecular flexibility index (Phi) is 11.9. The van der Waals surface area contributed by atoms with Gasteiger partial charge in [0.15, 0.2) is 0 Å². The number of hydrogen-bond donors (Lipinski definition) is 1. The minimum atomic E-state index is -0.552. The highest BCUT2D eigenvalue weighted by Gasteiger charge is 2.13. The summed E-state index contributed by atoms with van der Waals surface area (Å²) in [5, 5.41) is 12.2. The lowest BCUT2D eigenvalue weighted by molar-refractivity contribution is -0.112. The summed E-state index contributed by atoms with van der Waals surface area (Å²) >= 11 is 7.05. The zero-order chi connectivity index (χ0) is 24.9. The van der Waals surface area contributed by atoms with Gasteiger partial charge in [-0.2, -0.15) is 5.26 Å². The monoisotopic (exact) mass is 590 g/mol. The lowest BCUT2D eigenvalue weighted by atomic mass is 10.1. The van der Waals surface area contributed by atoms with Crippen LogP contribution in [0, 0.1) is 11.3 Å². The summed E-state index contributed by atoms with van der Waals surface area (Å²) in [4.78, 5) is 24.1. The lowest BCUT2D eigenvalue weighted by Crippen LogP contribution is -2.13. The van der Waals surface area contributed by atoms with Crippen molar-refractivity contribution in [3.05, 3.63) is 62.0 Å². The zero-order valence-electron chi connectivity index (χ0n) is 19.3. The van der Waals surface area contributed by atoms with Crippen molar-refractivity contribution >= 4 is 55.5 Å². The van der Waals surface area contributed by atoms with E-state index < -0.39 is 11.9 Å². The number of nitrogens with zero attached hydrogens (tertiary/aromatic N) is 1. The molecular weight excluding hydrogens is 564 g/mol. The molecule has 0 atom stereocenters. The maximum Gasteiger partial charge on any atom is 0.337 e. The number of carbonyl (C=O) groups excluding carboxylic acids is 2. The van der Waals surface area contributed by atoms with Crippen LogP contribution in [0.15, 0.2) is 50.9 Å². The predicted molar refractivity (Wildman–Crippen MR) is 141 cm³/mol. The second kappa shape index (κ2) is 14.6. The van der Waals surface area contributed by atoms with Crippen LogP contribution in [0.1, 0.15) is 61.4 Å². The Labute approximate surface area is 217 Å². The fraction of sp³-hybridized carbons (Fsp3) is 0.346. The SMILES string of the molecule is CCCCCCCCOc1c(Br)cc(/C=C(/C#N)C(=O)Nc2ccc(C(=O)OC)cc2)cc1Br. The Balaban J connectivity index is 2.02. The topological polar surface area (TPSA) is 88.4 Å². The number of ether oxygens (including phenoxy) is 2. The molecule has 0 saturated heterocycles.